The lowest BCUT2D eigenvalue weighted by molar-refractivity contribution is -0.127. The normalized spacial score (nSPS) is 17.1. The monoisotopic (exact) mass is 276 g/mol. The third-order valence-electron chi connectivity index (χ3n) is 4.09. The molecule has 2 rings (SSSR count). The quantitative estimate of drug-likeness (QED) is 0.779. The molecule has 1 amide bonds. The van der Waals surface area contributed by atoms with E-state index >= 15 is 0 Å². The molecule has 1 aliphatic heterocycles. The second-order valence-corrected chi connectivity index (χ2v) is 5.30. The first-order chi connectivity index (χ1) is 9.52. The number of rotatable bonds is 3. The van der Waals surface area contributed by atoms with Crippen LogP contribution in [-0.4, -0.2) is 58.2 Å². The Morgan fingerprint density at radius 1 is 1.25 bits per heavy atom. The number of nitrogens with zero attached hydrogens (tertiary/aromatic N) is 4. The van der Waals surface area contributed by atoms with E-state index in [9.17, 15) is 4.79 Å². The molecule has 0 aromatic carbocycles. The maximum atomic E-state index is 12.2. The molecule has 0 radical (unpaired) electrons. The fraction of sp³-hybridized carbons (Fsp3) is 0.600. The standard InChI is InChI=1S/C15H24N4O/c1-5-18-8-10-19(11-9-18)15(20)7-6-14-12(2)16-17(4)13(14)3/h6-7H,5,8-11H2,1-4H3/b7-6+. The van der Waals surface area contributed by atoms with E-state index in [1.54, 1.807) is 6.08 Å². The van der Waals surface area contributed by atoms with E-state index in [-0.39, 0.29) is 5.91 Å². The molecular weight excluding hydrogens is 252 g/mol. The number of aryl methyl sites for hydroxylation is 2. The summed E-state index contributed by atoms with van der Waals surface area (Å²) in [6.45, 7) is 10.8. The molecule has 5 nitrogen and oxygen atoms in total. The maximum absolute atomic E-state index is 12.2. The third kappa shape index (κ3) is 3.10. The zero-order valence-corrected chi connectivity index (χ0v) is 12.9. The van der Waals surface area contributed by atoms with E-state index in [1.165, 1.54) is 0 Å². The Balaban J connectivity index is 1.99. The summed E-state index contributed by atoms with van der Waals surface area (Å²) in [5.41, 5.74) is 3.10. The van der Waals surface area contributed by atoms with Crippen LogP contribution in [0, 0.1) is 13.8 Å². The summed E-state index contributed by atoms with van der Waals surface area (Å²) in [5.74, 6) is 0.100. The van der Waals surface area contributed by atoms with E-state index in [0.717, 1.165) is 49.7 Å². The SMILES string of the molecule is CCN1CCN(C(=O)/C=C/c2c(C)nn(C)c2C)CC1. The highest BCUT2D eigenvalue weighted by atomic mass is 16.2. The van der Waals surface area contributed by atoms with Gasteiger partial charge in [-0.1, -0.05) is 6.92 Å². The predicted molar refractivity (Wildman–Crippen MR) is 80.4 cm³/mol. The maximum Gasteiger partial charge on any atom is 0.246 e. The zero-order chi connectivity index (χ0) is 14.7. The van der Waals surface area contributed by atoms with Gasteiger partial charge in [-0.2, -0.15) is 5.10 Å². The van der Waals surface area contributed by atoms with Crippen molar-refractivity contribution in [3.63, 3.8) is 0 Å². The van der Waals surface area contributed by atoms with Crippen molar-refractivity contribution in [2.75, 3.05) is 32.7 Å². The molecular formula is C15H24N4O. The van der Waals surface area contributed by atoms with Crippen molar-refractivity contribution in [3.05, 3.63) is 23.0 Å². The Bertz CT molecular complexity index is 510. The molecule has 0 bridgehead atoms. The number of piperazine rings is 1. The Kier molecular flexibility index (Phi) is 4.60. The smallest absolute Gasteiger partial charge is 0.246 e. The molecule has 1 aromatic rings. The molecule has 1 fully saturated rings. The number of likely N-dealkylation sites (N-methyl/N-ethyl adjacent to an activating group) is 1. The number of hydrogen-bond donors (Lipinski definition) is 0. The summed E-state index contributed by atoms with van der Waals surface area (Å²) in [5, 5.41) is 4.36. The molecule has 0 saturated carbocycles. The van der Waals surface area contributed by atoms with Crippen molar-refractivity contribution in [3.8, 4) is 0 Å². The first-order valence-electron chi connectivity index (χ1n) is 7.22. The van der Waals surface area contributed by atoms with Gasteiger partial charge in [0.15, 0.2) is 0 Å². The first-order valence-corrected chi connectivity index (χ1v) is 7.22. The molecule has 0 spiro atoms. The van der Waals surface area contributed by atoms with Crippen LogP contribution >= 0.6 is 0 Å². The van der Waals surface area contributed by atoms with Crippen LogP contribution in [0.3, 0.4) is 0 Å². The highest BCUT2D eigenvalue weighted by Gasteiger charge is 2.18. The van der Waals surface area contributed by atoms with Gasteiger partial charge < -0.3 is 9.80 Å². The van der Waals surface area contributed by atoms with E-state index in [1.807, 2.05) is 36.6 Å². The van der Waals surface area contributed by atoms with Crippen LogP contribution in [0.1, 0.15) is 23.9 Å². The van der Waals surface area contributed by atoms with Gasteiger partial charge >= 0.3 is 0 Å². The van der Waals surface area contributed by atoms with Crippen molar-refractivity contribution in [2.45, 2.75) is 20.8 Å². The Labute approximate surface area is 120 Å². The van der Waals surface area contributed by atoms with Crippen LogP contribution in [0.5, 0.6) is 0 Å². The molecule has 0 N–H and O–H groups in total. The lowest BCUT2D eigenvalue weighted by atomic mass is 10.2. The van der Waals surface area contributed by atoms with E-state index in [2.05, 4.69) is 16.9 Å². The van der Waals surface area contributed by atoms with Gasteiger partial charge in [0.2, 0.25) is 5.91 Å². The van der Waals surface area contributed by atoms with Crippen molar-refractivity contribution in [1.29, 1.82) is 0 Å². The fourth-order valence-corrected chi connectivity index (χ4v) is 2.58. The van der Waals surface area contributed by atoms with Gasteiger partial charge in [-0.05, 0) is 26.5 Å². The van der Waals surface area contributed by atoms with Gasteiger partial charge in [0.05, 0.1) is 5.69 Å². The van der Waals surface area contributed by atoms with Crippen LogP contribution in [0.2, 0.25) is 0 Å². The molecule has 0 aliphatic carbocycles. The molecule has 5 heteroatoms. The average molecular weight is 276 g/mol. The number of carbonyl (C=O) groups is 1. The van der Waals surface area contributed by atoms with Gasteiger partial charge in [0.25, 0.3) is 0 Å². The molecule has 2 heterocycles. The topological polar surface area (TPSA) is 41.4 Å². The van der Waals surface area contributed by atoms with Crippen LogP contribution in [0.4, 0.5) is 0 Å². The van der Waals surface area contributed by atoms with Crippen molar-refractivity contribution < 1.29 is 4.79 Å². The van der Waals surface area contributed by atoms with Crippen molar-refractivity contribution in [1.82, 2.24) is 19.6 Å². The number of carbonyl (C=O) groups excluding carboxylic acids is 1. The predicted octanol–water partition coefficient (Wildman–Crippen LogP) is 1.21. The van der Waals surface area contributed by atoms with Crippen molar-refractivity contribution in [2.24, 2.45) is 7.05 Å². The molecule has 0 unspecified atom stereocenters. The Morgan fingerprint density at radius 3 is 2.40 bits per heavy atom. The van der Waals surface area contributed by atoms with Crippen LogP contribution in [0.15, 0.2) is 6.08 Å². The van der Waals surface area contributed by atoms with Crippen LogP contribution < -0.4 is 0 Å². The van der Waals surface area contributed by atoms with Crippen LogP contribution in [0.25, 0.3) is 6.08 Å². The largest absolute Gasteiger partial charge is 0.337 e. The molecule has 1 saturated heterocycles. The van der Waals surface area contributed by atoms with Gasteiger partial charge in [0, 0.05) is 50.6 Å². The van der Waals surface area contributed by atoms with E-state index in [0.29, 0.717) is 0 Å². The summed E-state index contributed by atoms with van der Waals surface area (Å²) in [6, 6.07) is 0. The molecule has 1 aliphatic rings. The average Bonchev–Trinajstić information content (AvgIpc) is 2.70. The second-order valence-electron chi connectivity index (χ2n) is 5.30. The lowest BCUT2D eigenvalue weighted by Gasteiger charge is -2.33. The fourth-order valence-electron chi connectivity index (χ4n) is 2.58. The van der Waals surface area contributed by atoms with Gasteiger partial charge in [0.1, 0.15) is 0 Å². The third-order valence-corrected chi connectivity index (χ3v) is 4.09. The number of aromatic nitrogens is 2. The second kappa shape index (κ2) is 6.22. The summed E-state index contributed by atoms with van der Waals surface area (Å²) in [7, 11) is 1.92. The lowest BCUT2D eigenvalue weighted by Crippen LogP contribution is -2.48. The molecule has 110 valence electrons. The summed E-state index contributed by atoms with van der Waals surface area (Å²) < 4.78 is 1.85. The summed E-state index contributed by atoms with van der Waals surface area (Å²) in [6.07, 6.45) is 3.57. The van der Waals surface area contributed by atoms with Gasteiger partial charge in [-0.3, -0.25) is 9.48 Å². The summed E-state index contributed by atoms with van der Waals surface area (Å²) >= 11 is 0. The Hall–Kier alpha value is -1.62. The minimum Gasteiger partial charge on any atom is -0.337 e. The van der Waals surface area contributed by atoms with E-state index < -0.39 is 0 Å². The number of amides is 1. The summed E-state index contributed by atoms with van der Waals surface area (Å²) in [4.78, 5) is 16.5. The first kappa shape index (κ1) is 14.8. The van der Waals surface area contributed by atoms with Gasteiger partial charge in [-0.25, -0.2) is 0 Å². The van der Waals surface area contributed by atoms with Crippen LogP contribution in [-0.2, 0) is 11.8 Å². The highest BCUT2D eigenvalue weighted by Crippen LogP contribution is 2.14. The minimum atomic E-state index is 0.100. The number of hydrogen-bond acceptors (Lipinski definition) is 3. The molecule has 20 heavy (non-hydrogen) atoms. The van der Waals surface area contributed by atoms with Crippen molar-refractivity contribution >= 4 is 12.0 Å². The molecule has 1 aromatic heterocycles. The Morgan fingerprint density at radius 2 is 1.90 bits per heavy atom. The van der Waals surface area contributed by atoms with Gasteiger partial charge in [-0.15, -0.1) is 0 Å². The zero-order valence-electron chi connectivity index (χ0n) is 12.9. The molecule has 0 atom stereocenters. The highest BCUT2D eigenvalue weighted by molar-refractivity contribution is 5.92. The minimum absolute atomic E-state index is 0.100. The van der Waals surface area contributed by atoms with E-state index in [4.69, 9.17) is 0 Å².